The Bertz CT molecular complexity index is 1720. The van der Waals surface area contributed by atoms with Gasteiger partial charge in [-0.15, -0.1) is 0 Å². The van der Waals surface area contributed by atoms with Crippen LogP contribution in [0.5, 0.6) is 0 Å². The Balaban J connectivity index is 1.44. The molecule has 186 valence electrons. The van der Waals surface area contributed by atoms with Crippen LogP contribution in [0.1, 0.15) is 17.2 Å². The Morgan fingerprint density at radius 3 is 2.05 bits per heavy atom. The van der Waals surface area contributed by atoms with Crippen molar-refractivity contribution in [2.45, 2.75) is 6.04 Å². The molecule has 7 nitrogen and oxygen atoms in total. The third kappa shape index (κ3) is 4.53. The highest BCUT2D eigenvalue weighted by atomic mass is 19.1. The minimum Gasteiger partial charge on any atom is -0.324 e. The predicted octanol–water partition coefficient (Wildman–Crippen LogP) is 5.64. The maximum absolute atomic E-state index is 13.8. The van der Waals surface area contributed by atoms with Gasteiger partial charge in [0.25, 0.3) is 5.56 Å². The lowest BCUT2D eigenvalue weighted by Gasteiger charge is -2.22. The molecule has 1 N–H and O–H groups in total. The molecule has 0 bridgehead atoms. The Morgan fingerprint density at radius 1 is 0.789 bits per heavy atom. The van der Waals surface area contributed by atoms with Crippen molar-refractivity contribution in [1.82, 2.24) is 24.3 Å². The normalized spacial score (nSPS) is 11.2. The molecule has 0 aliphatic carbocycles. The zero-order chi connectivity index (χ0) is 26.1. The Hall–Kier alpha value is -5.18. The number of nitrogens with zero attached hydrogens (tertiary/aromatic N) is 5. The third-order valence-electron chi connectivity index (χ3n) is 6.19. The van der Waals surface area contributed by atoms with Crippen LogP contribution in [-0.2, 0) is 0 Å². The van der Waals surface area contributed by atoms with E-state index in [0.717, 1.165) is 11.4 Å². The van der Waals surface area contributed by atoms with Crippen molar-refractivity contribution in [3.05, 3.63) is 143 Å². The van der Waals surface area contributed by atoms with E-state index in [0.29, 0.717) is 28.1 Å². The molecule has 0 aliphatic rings. The first-order valence-electron chi connectivity index (χ1n) is 11.8. The summed E-state index contributed by atoms with van der Waals surface area (Å²) < 4.78 is 30.8. The SMILES string of the molecule is O=c1ccc2cnc(Nc3ccc(-n4cccn4)cc3)nc2n1C(c1ccc(F)cc1)c1ccc(F)cc1. The van der Waals surface area contributed by atoms with Gasteiger partial charge in [0, 0.05) is 35.7 Å². The number of anilines is 2. The van der Waals surface area contributed by atoms with Gasteiger partial charge in [-0.1, -0.05) is 24.3 Å². The molecule has 0 saturated carbocycles. The maximum atomic E-state index is 13.8. The summed E-state index contributed by atoms with van der Waals surface area (Å²) in [7, 11) is 0. The van der Waals surface area contributed by atoms with Gasteiger partial charge in [0.2, 0.25) is 5.95 Å². The van der Waals surface area contributed by atoms with E-state index < -0.39 is 17.7 Å². The lowest BCUT2D eigenvalue weighted by molar-refractivity contribution is 0.617. The predicted molar refractivity (Wildman–Crippen MR) is 141 cm³/mol. The van der Waals surface area contributed by atoms with Crippen molar-refractivity contribution in [3.8, 4) is 5.69 Å². The largest absolute Gasteiger partial charge is 0.324 e. The van der Waals surface area contributed by atoms with Crippen LogP contribution in [-0.4, -0.2) is 24.3 Å². The fourth-order valence-electron chi connectivity index (χ4n) is 4.38. The van der Waals surface area contributed by atoms with Gasteiger partial charge in [-0.3, -0.25) is 9.36 Å². The molecule has 0 unspecified atom stereocenters. The second-order valence-electron chi connectivity index (χ2n) is 8.64. The molecule has 3 aromatic heterocycles. The first kappa shape index (κ1) is 23.2. The minimum atomic E-state index is -0.677. The molecule has 6 aromatic rings. The number of benzene rings is 3. The standard InChI is InChI=1S/C29H20F2N6O/c30-22-7-2-19(3-8-22)27(20-4-9-23(31)10-5-20)37-26(38)15-6-21-18-32-29(35-28(21)37)34-24-11-13-25(14-12-24)36-17-1-16-33-36/h1-18,27H,(H,32,34,35). The van der Waals surface area contributed by atoms with Gasteiger partial charge in [0.05, 0.1) is 11.7 Å². The van der Waals surface area contributed by atoms with Crippen LogP contribution in [0.4, 0.5) is 20.4 Å². The number of fused-ring (bicyclic) bond motifs is 1. The number of hydrogen-bond acceptors (Lipinski definition) is 5. The van der Waals surface area contributed by atoms with Crippen molar-refractivity contribution in [3.63, 3.8) is 0 Å². The van der Waals surface area contributed by atoms with Crippen molar-refractivity contribution in [2.75, 3.05) is 5.32 Å². The summed E-state index contributed by atoms with van der Waals surface area (Å²) in [4.78, 5) is 22.4. The summed E-state index contributed by atoms with van der Waals surface area (Å²) in [5.74, 6) is -0.505. The van der Waals surface area contributed by atoms with Crippen molar-refractivity contribution >= 4 is 22.7 Å². The van der Waals surface area contributed by atoms with E-state index in [1.54, 1.807) is 47.4 Å². The molecule has 3 heterocycles. The van der Waals surface area contributed by atoms with Gasteiger partial charge >= 0.3 is 0 Å². The van der Waals surface area contributed by atoms with E-state index in [2.05, 4.69) is 20.4 Å². The first-order valence-corrected chi connectivity index (χ1v) is 11.8. The molecule has 3 aromatic carbocycles. The molecule has 0 fully saturated rings. The van der Waals surface area contributed by atoms with Crippen LogP contribution in [0.25, 0.3) is 16.7 Å². The van der Waals surface area contributed by atoms with Gasteiger partial charge in [-0.05, 0) is 71.8 Å². The van der Waals surface area contributed by atoms with Gasteiger partial charge in [-0.2, -0.15) is 10.1 Å². The first-order chi connectivity index (χ1) is 18.5. The molecular weight excluding hydrogens is 486 g/mol. The van der Waals surface area contributed by atoms with Crippen molar-refractivity contribution in [2.24, 2.45) is 0 Å². The Morgan fingerprint density at radius 2 is 1.45 bits per heavy atom. The number of rotatable bonds is 6. The Labute approximate surface area is 215 Å². The summed E-state index contributed by atoms with van der Waals surface area (Å²) >= 11 is 0. The zero-order valence-electron chi connectivity index (χ0n) is 19.9. The van der Waals surface area contributed by atoms with Gasteiger partial charge in [0.15, 0.2) is 0 Å². The summed E-state index contributed by atoms with van der Waals surface area (Å²) in [6.45, 7) is 0. The van der Waals surface area contributed by atoms with E-state index in [1.165, 1.54) is 34.9 Å². The number of pyridine rings is 1. The summed E-state index contributed by atoms with van der Waals surface area (Å²) in [5, 5.41) is 8.05. The monoisotopic (exact) mass is 506 g/mol. The highest BCUT2D eigenvalue weighted by Gasteiger charge is 2.21. The molecule has 0 amide bonds. The average Bonchev–Trinajstić information content (AvgIpc) is 3.48. The second kappa shape index (κ2) is 9.70. The van der Waals surface area contributed by atoms with E-state index >= 15 is 0 Å². The number of hydrogen-bond donors (Lipinski definition) is 1. The van der Waals surface area contributed by atoms with Gasteiger partial charge in [0.1, 0.15) is 17.3 Å². The van der Waals surface area contributed by atoms with E-state index in [1.807, 2.05) is 36.5 Å². The molecule has 38 heavy (non-hydrogen) atoms. The summed E-state index contributed by atoms with van der Waals surface area (Å²) in [6, 6.07) is 23.6. The van der Waals surface area contributed by atoms with Crippen LogP contribution in [0.2, 0.25) is 0 Å². The highest BCUT2D eigenvalue weighted by molar-refractivity contribution is 5.76. The number of halogens is 2. The number of nitrogens with one attached hydrogen (secondary N) is 1. The van der Waals surface area contributed by atoms with Crippen molar-refractivity contribution < 1.29 is 8.78 Å². The van der Waals surface area contributed by atoms with Gasteiger partial charge < -0.3 is 5.32 Å². The smallest absolute Gasteiger partial charge is 0.253 e. The molecule has 9 heteroatoms. The molecule has 0 aliphatic heterocycles. The zero-order valence-corrected chi connectivity index (χ0v) is 19.9. The minimum absolute atomic E-state index is 0.292. The van der Waals surface area contributed by atoms with Crippen molar-refractivity contribution in [1.29, 1.82) is 0 Å². The quantitative estimate of drug-likeness (QED) is 0.317. The van der Waals surface area contributed by atoms with E-state index in [-0.39, 0.29) is 5.56 Å². The van der Waals surface area contributed by atoms with E-state index in [4.69, 9.17) is 0 Å². The third-order valence-corrected chi connectivity index (χ3v) is 6.19. The van der Waals surface area contributed by atoms with Gasteiger partial charge in [-0.25, -0.2) is 18.4 Å². The van der Waals surface area contributed by atoms with Crippen LogP contribution >= 0.6 is 0 Å². The lowest BCUT2D eigenvalue weighted by atomic mass is 9.98. The molecule has 0 spiro atoms. The van der Waals surface area contributed by atoms with Crippen LogP contribution in [0.15, 0.2) is 114 Å². The topological polar surface area (TPSA) is 77.6 Å². The fraction of sp³-hybridized carbons (Fsp3) is 0.0345. The fourth-order valence-corrected chi connectivity index (χ4v) is 4.38. The maximum Gasteiger partial charge on any atom is 0.253 e. The Kier molecular flexibility index (Phi) is 5.93. The summed E-state index contributed by atoms with van der Waals surface area (Å²) in [6.07, 6.45) is 5.19. The van der Waals surface area contributed by atoms with Crippen LogP contribution in [0.3, 0.4) is 0 Å². The molecule has 6 rings (SSSR count). The average molecular weight is 507 g/mol. The molecule has 0 saturated heterocycles. The lowest BCUT2D eigenvalue weighted by Crippen LogP contribution is -2.27. The summed E-state index contributed by atoms with van der Waals surface area (Å²) in [5.41, 5.74) is 3.00. The van der Waals surface area contributed by atoms with Crippen LogP contribution in [0, 0.1) is 11.6 Å². The molecule has 0 atom stereocenters. The van der Waals surface area contributed by atoms with E-state index in [9.17, 15) is 13.6 Å². The molecular formula is C29H20F2N6O. The second-order valence-corrected chi connectivity index (χ2v) is 8.64. The highest BCUT2D eigenvalue weighted by Crippen LogP contribution is 2.29. The van der Waals surface area contributed by atoms with Crippen LogP contribution < -0.4 is 10.9 Å². The number of aromatic nitrogens is 5. The molecule has 0 radical (unpaired) electrons.